The molecule has 3 heteroatoms. The van der Waals surface area contributed by atoms with E-state index < -0.39 is 0 Å². The Labute approximate surface area is 125 Å². The van der Waals surface area contributed by atoms with Crippen LogP contribution < -0.4 is 5.73 Å². The molecule has 0 aliphatic rings. The van der Waals surface area contributed by atoms with Crippen LogP contribution in [0, 0.1) is 0 Å². The second-order valence-corrected chi connectivity index (χ2v) is 5.34. The van der Waals surface area contributed by atoms with Crippen LogP contribution in [0.25, 0.3) is 16.9 Å². The molecule has 0 aliphatic carbocycles. The van der Waals surface area contributed by atoms with Gasteiger partial charge in [-0.15, -0.1) is 0 Å². The van der Waals surface area contributed by atoms with Crippen molar-refractivity contribution in [3.05, 3.63) is 72.4 Å². The van der Waals surface area contributed by atoms with Crippen molar-refractivity contribution < 1.29 is 0 Å². The van der Waals surface area contributed by atoms with E-state index in [1.165, 1.54) is 5.56 Å². The van der Waals surface area contributed by atoms with Gasteiger partial charge in [0, 0.05) is 11.6 Å². The summed E-state index contributed by atoms with van der Waals surface area (Å²) in [5, 5.41) is 4.43. The van der Waals surface area contributed by atoms with Crippen molar-refractivity contribution in [3.8, 4) is 16.9 Å². The Kier molecular flexibility index (Phi) is 3.84. The maximum Gasteiger partial charge on any atom is 0.0740 e. The Bertz CT molecular complexity index is 697. The largest absolute Gasteiger partial charge is 0.328 e. The van der Waals surface area contributed by atoms with Crippen LogP contribution in [-0.4, -0.2) is 15.8 Å². The van der Waals surface area contributed by atoms with Gasteiger partial charge in [-0.25, -0.2) is 4.68 Å². The van der Waals surface area contributed by atoms with Crippen molar-refractivity contribution in [3.63, 3.8) is 0 Å². The molecule has 3 nitrogen and oxygen atoms in total. The molecule has 21 heavy (non-hydrogen) atoms. The molecule has 0 saturated carbocycles. The van der Waals surface area contributed by atoms with E-state index >= 15 is 0 Å². The predicted molar refractivity (Wildman–Crippen MR) is 86.4 cm³/mol. The molecule has 1 heterocycles. The molecule has 3 aromatic rings. The summed E-state index contributed by atoms with van der Waals surface area (Å²) in [6.07, 6.45) is 2.73. The van der Waals surface area contributed by atoms with Crippen molar-refractivity contribution >= 4 is 0 Å². The fourth-order valence-corrected chi connectivity index (χ4v) is 2.48. The Hall–Kier alpha value is -2.39. The molecule has 0 saturated heterocycles. The summed E-state index contributed by atoms with van der Waals surface area (Å²) in [7, 11) is 0. The molecule has 0 spiro atoms. The molecule has 106 valence electrons. The summed E-state index contributed by atoms with van der Waals surface area (Å²) in [6, 6.07) is 20.9. The number of hydrogen-bond donors (Lipinski definition) is 1. The maximum absolute atomic E-state index is 5.84. The number of aromatic nitrogens is 2. The normalized spacial score (nSPS) is 12.3. The van der Waals surface area contributed by atoms with Crippen LogP contribution in [-0.2, 0) is 6.42 Å². The smallest absolute Gasteiger partial charge is 0.0740 e. The highest BCUT2D eigenvalue weighted by Gasteiger charge is 2.07. The van der Waals surface area contributed by atoms with Crippen LogP contribution in [0.4, 0.5) is 0 Å². The van der Waals surface area contributed by atoms with Crippen LogP contribution in [0.2, 0.25) is 0 Å². The van der Waals surface area contributed by atoms with Gasteiger partial charge in [0.2, 0.25) is 0 Å². The van der Waals surface area contributed by atoms with Gasteiger partial charge in [0.05, 0.1) is 17.6 Å². The summed E-state index contributed by atoms with van der Waals surface area (Å²) >= 11 is 0. The van der Waals surface area contributed by atoms with E-state index in [2.05, 4.69) is 41.5 Å². The second kappa shape index (κ2) is 5.94. The first-order chi connectivity index (χ1) is 10.2. The van der Waals surface area contributed by atoms with Gasteiger partial charge < -0.3 is 5.73 Å². The Morgan fingerprint density at radius 1 is 1.00 bits per heavy atom. The lowest BCUT2D eigenvalue weighted by atomic mass is 10.0. The van der Waals surface area contributed by atoms with Crippen molar-refractivity contribution in [1.29, 1.82) is 0 Å². The molecule has 1 atom stereocenters. The molecular weight excluding hydrogens is 258 g/mol. The molecule has 3 rings (SSSR count). The first kappa shape index (κ1) is 13.6. The van der Waals surface area contributed by atoms with E-state index in [-0.39, 0.29) is 6.04 Å². The molecule has 2 aromatic carbocycles. The Balaban J connectivity index is 1.93. The minimum Gasteiger partial charge on any atom is -0.328 e. The van der Waals surface area contributed by atoms with Crippen LogP contribution in [0.3, 0.4) is 0 Å². The number of benzene rings is 2. The molecule has 0 bridgehead atoms. The number of hydrogen-bond acceptors (Lipinski definition) is 2. The zero-order valence-electron chi connectivity index (χ0n) is 12.1. The zero-order chi connectivity index (χ0) is 14.7. The summed E-state index contributed by atoms with van der Waals surface area (Å²) < 4.78 is 1.96. The minimum atomic E-state index is 0.186. The van der Waals surface area contributed by atoms with Gasteiger partial charge in [-0.2, -0.15) is 5.10 Å². The highest BCUT2D eigenvalue weighted by molar-refractivity contribution is 5.62. The van der Waals surface area contributed by atoms with Crippen molar-refractivity contribution in [2.45, 2.75) is 19.4 Å². The maximum atomic E-state index is 5.84. The molecule has 2 N–H and O–H groups in total. The van der Waals surface area contributed by atoms with E-state index in [4.69, 9.17) is 5.73 Å². The molecule has 0 radical (unpaired) electrons. The fourth-order valence-electron chi connectivity index (χ4n) is 2.48. The lowest BCUT2D eigenvalue weighted by Gasteiger charge is -2.09. The number of nitrogens with two attached hydrogens (primary N) is 1. The molecule has 0 fully saturated rings. The number of para-hydroxylation sites is 1. The van der Waals surface area contributed by atoms with E-state index in [9.17, 15) is 0 Å². The van der Waals surface area contributed by atoms with Gasteiger partial charge in [0.25, 0.3) is 0 Å². The van der Waals surface area contributed by atoms with E-state index in [0.29, 0.717) is 0 Å². The lowest BCUT2D eigenvalue weighted by Crippen LogP contribution is -2.17. The topological polar surface area (TPSA) is 43.8 Å². The molecule has 0 aliphatic heterocycles. The SMILES string of the molecule is CC(N)Cc1ccc(-c2ccnn2-c2ccccc2)cc1. The van der Waals surface area contributed by atoms with Crippen molar-refractivity contribution in [2.24, 2.45) is 5.73 Å². The average Bonchev–Trinajstić information content (AvgIpc) is 2.98. The van der Waals surface area contributed by atoms with E-state index in [1.807, 2.05) is 42.1 Å². The summed E-state index contributed by atoms with van der Waals surface area (Å²) in [4.78, 5) is 0. The van der Waals surface area contributed by atoms with Gasteiger partial charge in [0.1, 0.15) is 0 Å². The fraction of sp³-hybridized carbons (Fsp3) is 0.167. The zero-order valence-corrected chi connectivity index (χ0v) is 12.1. The highest BCUT2D eigenvalue weighted by Crippen LogP contribution is 2.22. The first-order valence-electron chi connectivity index (χ1n) is 7.18. The molecule has 1 unspecified atom stereocenters. The monoisotopic (exact) mass is 277 g/mol. The van der Waals surface area contributed by atoms with E-state index in [1.54, 1.807) is 0 Å². The molecule has 1 aromatic heterocycles. The third kappa shape index (κ3) is 3.03. The molecule has 0 amide bonds. The van der Waals surface area contributed by atoms with Gasteiger partial charge in [-0.05, 0) is 37.1 Å². The Morgan fingerprint density at radius 3 is 2.38 bits per heavy atom. The van der Waals surface area contributed by atoms with E-state index in [0.717, 1.165) is 23.4 Å². The molecular formula is C18H19N3. The highest BCUT2D eigenvalue weighted by atomic mass is 15.3. The van der Waals surface area contributed by atoms with Crippen LogP contribution in [0.15, 0.2) is 66.9 Å². The third-order valence-corrected chi connectivity index (χ3v) is 3.45. The minimum absolute atomic E-state index is 0.186. The van der Waals surface area contributed by atoms with Crippen molar-refractivity contribution in [1.82, 2.24) is 9.78 Å². The quantitative estimate of drug-likeness (QED) is 0.794. The van der Waals surface area contributed by atoms with Crippen LogP contribution >= 0.6 is 0 Å². The van der Waals surface area contributed by atoms with Crippen molar-refractivity contribution in [2.75, 3.05) is 0 Å². The summed E-state index contributed by atoms with van der Waals surface area (Å²) in [5.41, 5.74) is 10.4. The summed E-state index contributed by atoms with van der Waals surface area (Å²) in [5.74, 6) is 0. The van der Waals surface area contributed by atoms with Crippen LogP contribution in [0.1, 0.15) is 12.5 Å². The predicted octanol–water partition coefficient (Wildman–Crippen LogP) is 3.43. The lowest BCUT2D eigenvalue weighted by molar-refractivity contribution is 0.738. The third-order valence-electron chi connectivity index (χ3n) is 3.45. The van der Waals surface area contributed by atoms with Gasteiger partial charge in [0.15, 0.2) is 0 Å². The van der Waals surface area contributed by atoms with Gasteiger partial charge >= 0.3 is 0 Å². The van der Waals surface area contributed by atoms with Gasteiger partial charge in [-0.1, -0.05) is 42.5 Å². The number of rotatable bonds is 4. The average molecular weight is 277 g/mol. The standard InChI is InChI=1S/C18H19N3/c1-14(19)13-15-7-9-16(10-8-15)18-11-12-20-21(18)17-5-3-2-4-6-17/h2-12,14H,13,19H2,1H3. The Morgan fingerprint density at radius 2 is 1.71 bits per heavy atom. The first-order valence-corrected chi connectivity index (χ1v) is 7.18. The number of nitrogens with zero attached hydrogens (tertiary/aromatic N) is 2. The second-order valence-electron chi connectivity index (χ2n) is 5.34. The van der Waals surface area contributed by atoms with Crippen LogP contribution in [0.5, 0.6) is 0 Å². The van der Waals surface area contributed by atoms with Gasteiger partial charge in [-0.3, -0.25) is 0 Å². The summed E-state index contributed by atoms with van der Waals surface area (Å²) in [6.45, 7) is 2.03.